The van der Waals surface area contributed by atoms with Gasteiger partial charge in [-0.1, -0.05) is 26.2 Å². The summed E-state index contributed by atoms with van der Waals surface area (Å²) in [5, 5.41) is 0. The molecule has 0 spiro atoms. The van der Waals surface area contributed by atoms with Crippen LogP contribution in [0.15, 0.2) is 12.1 Å². The van der Waals surface area contributed by atoms with Gasteiger partial charge < -0.3 is 10.5 Å². The minimum atomic E-state index is -0.684. The Bertz CT molecular complexity index is 369. The van der Waals surface area contributed by atoms with Crippen molar-refractivity contribution in [2.24, 2.45) is 5.73 Å². The fourth-order valence-electron chi connectivity index (χ4n) is 1.81. The number of methoxy groups -OCH3 is 1. The van der Waals surface area contributed by atoms with Crippen molar-refractivity contribution in [1.82, 2.24) is 0 Å². The Morgan fingerprint density at radius 1 is 1.29 bits per heavy atom. The molecule has 0 radical (unpaired) electrons. The summed E-state index contributed by atoms with van der Waals surface area (Å²) in [5.74, 6) is -1.25. The van der Waals surface area contributed by atoms with Crippen LogP contribution in [-0.2, 0) is 0 Å². The summed E-state index contributed by atoms with van der Waals surface area (Å²) in [6, 6.07) is 1.85. The van der Waals surface area contributed by atoms with Crippen molar-refractivity contribution < 1.29 is 13.5 Å². The molecular formula is C13H19F2NO. The number of hydrogen-bond acceptors (Lipinski definition) is 2. The standard InChI is InChI=1S/C13H19F2NO/c1-3-4-5-6-10(16)12-9(14)7-8-11(17-2)13(12)15/h7-8,10H,3-6,16H2,1-2H3/t10-/m0/s1. The SMILES string of the molecule is CCCCC[C@H](N)c1c(F)ccc(OC)c1F. The molecule has 0 aliphatic rings. The molecule has 2 N–H and O–H groups in total. The van der Waals surface area contributed by atoms with Crippen LogP contribution < -0.4 is 10.5 Å². The Morgan fingerprint density at radius 3 is 2.59 bits per heavy atom. The highest BCUT2D eigenvalue weighted by molar-refractivity contribution is 5.34. The van der Waals surface area contributed by atoms with Gasteiger partial charge in [0.25, 0.3) is 0 Å². The van der Waals surface area contributed by atoms with Gasteiger partial charge in [-0.25, -0.2) is 8.78 Å². The van der Waals surface area contributed by atoms with Crippen LogP contribution in [0.25, 0.3) is 0 Å². The molecule has 0 unspecified atom stereocenters. The average Bonchev–Trinajstić information content (AvgIpc) is 2.30. The summed E-state index contributed by atoms with van der Waals surface area (Å²) >= 11 is 0. The zero-order valence-electron chi connectivity index (χ0n) is 10.3. The maximum atomic E-state index is 13.8. The first-order valence-electron chi connectivity index (χ1n) is 5.89. The van der Waals surface area contributed by atoms with Gasteiger partial charge in [0.05, 0.1) is 7.11 Å². The number of rotatable bonds is 6. The topological polar surface area (TPSA) is 35.2 Å². The number of benzene rings is 1. The molecule has 17 heavy (non-hydrogen) atoms. The molecule has 0 heterocycles. The third kappa shape index (κ3) is 3.40. The summed E-state index contributed by atoms with van der Waals surface area (Å²) in [6.07, 6.45) is 3.51. The van der Waals surface area contributed by atoms with Crippen LogP contribution in [-0.4, -0.2) is 7.11 Å². The van der Waals surface area contributed by atoms with Gasteiger partial charge in [-0.3, -0.25) is 0 Å². The molecule has 0 bridgehead atoms. The van der Waals surface area contributed by atoms with Gasteiger partial charge >= 0.3 is 0 Å². The predicted molar refractivity (Wildman–Crippen MR) is 64.0 cm³/mol. The van der Waals surface area contributed by atoms with E-state index in [-0.39, 0.29) is 11.3 Å². The van der Waals surface area contributed by atoms with Crippen molar-refractivity contribution in [2.45, 2.75) is 38.6 Å². The fourth-order valence-corrected chi connectivity index (χ4v) is 1.81. The molecule has 96 valence electrons. The van der Waals surface area contributed by atoms with E-state index in [2.05, 4.69) is 6.92 Å². The fraction of sp³-hybridized carbons (Fsp3) is 0.538. The van der Waals surface area contributed by atoms with E-state index in [0.717, 1.165) is 19.3 Å². The van der Waals surface area contributed by atoms with Crippen molar-refractivity contribution in [2.75, 3.05) is 7.11 Å². The Kier molecular flexibility index (Phi) is 5.35. The van der Waals surface area contributed by atoms with Gasteiger partial charge in [-0.05, 0) is 18.6 Å². The zero-order valence-corrected chi connectivity index (χ0v) is 10.3. The molecule has 0 saturated carbocycles. The molecule has 0 fully saturated rings. The first kappa shape index (κ1) is 13.9. The second-order valence-electron chi connectivity index (χ2n) is 4.08. The predicted octanol–water partition coefficient (Wildman–Crippen LogP) is 3.55. The quantitative estimate of drug-likeness (QED) is 0.775. The molecule has 0 aliphatic heterocycles. The second kappa shape index (κ2) is 6.55. The highest BCUT2D eigenvalue weighted by Gasteiger charge is 2.19. The van der Waals surface area contributed by atoms with Gasteiger partial charge in [0, 0.05) is 11.6 Å². The van der Waals surface area contributed by atoms with E-state index >= 15 is 0 Å². The van der Waals surface area contributed by atoms with Crippen LogP contribution in [0.2, 0.25) is 0 Å². The van der Waals surface area contributed by atoms with Crippen LogP contribution in [0.3, 0.4) is 0 Å². The molecule has 1 rings (SSSR count). The molecular weight excluding hydrogens is 224 g/mol. The van der Waals surface area contributed by atoms with Crippen LogP contribution in [0.5, 0.6) is 5.75 Å². The molecule has 2 nitrogen and oxygen atoms in total. The maximum absolute atomic E-state index is 13.8. The average molecular weight is 243 g/mol. The van der Waals surface area contributed by atoms with Crippen LogP contribution in [0.1, 0.15) is 44.2 Å². The van der Waals surface area contributed by atoms with Gasteiger partial charge in [0.15, 0.2) is 11.6 Å². The monoisotopic (exact) mass is 243 g/mol. The number of halogens is 2. The third-order valence-electron chi connectivity index (χ3n) is 2.80. The lowest BCUT2D eigenvalue weighted by Gasteiger charge is -2.15. The number of hydrogen-bond donors (Lipinski definition) is 1. The lowest BCUT2D eigenvalue weighted by Crippen LogP contribution is -2.14. The Labute approximate surface area is 101 Å². The summed E-state index contributed by atoms with van der Waals surface area (Å²) < 4.78 is 32.2. The van der Waals surface area contributed by atoms with Crippen LogP contribution in [0, 0.1) is 11.6 Å². The molecule has 1 aromatic carbocycles. The maximum Gasteiger partial charge on any atom is 0.172 e. The molecule has 1 aromatic rings. The number of nitrogens with two attached hydrogens (primary N) is 1. The van der Waals surface area contributed by atoms with Crippen LogP contribution in [0.4, 0.5) is 8.78 Å². The minimum absolute atomic E-state index is 0.0346. The first-order valence-corrected chi connectivity index (χ1v) is 5.89. The molecule has 0 saturated heterocycles. The van der Waals surface area contributed by atoms with Gasteiger partial charge in [0.2, 0.25) is 0 Å². The smallest absolute Gasteiger partial charge is 0.172 e. The van der Waals surface area contributed by atoms with Crippen molar-refractivity contribution in [3.05, 3.63) is 29.3 Å². The normalized spacial score (nSPS) is 12.5. The van der Waals surface area contributed by atoms with E-state index in [0.29, 0.717) is 6.42 Å². The summed E-state index contributed by atoms with van der Waals surface area (Å²) in [6.45, 7) is 2.07. The van der Waals surface area contributed by atoms with Gasteiger partial charge in [-0.15, -0.1) is 0 Å². The van der Waals surface area contributed by atoms with E-state index in [1.54, 1.807) is 0 Å². The van der Waals surface area contributed by atoms with E-state index in [1.165, 1.54) is 19.2 Å². The molecule has 1 atom stereocenters. The Balaban J connectivity index is 2.87. The minimum Gasteiger partial charge on any atom is -0.494 e. The summed E-state index contributed by atoms with van der Waals surface area (Å²) in [4.78, 5) is 0. The van der Waals surface area contributed by atoms with Gasteiger partial charge in [-0.2, -0.15) is 0 Å². The molecule has 0 amide bonds. The van der Waals surface area contributed by atoms with Crippen molar-refractivity contribution in [1.29, 1.82) is 0 Å². The summed E-state index contributed by atoms with van der Waals surface area (Å²) in [5.41, 5.74) is 5.76. The first-order chi connectivity index (χ1) is 8.11. The molecule has 0 aromatic heterocycles. The molecule has 4 heteroatoms. The lowest BCUT2D eigenvalue weighted by molar-refractivity contribution is 0.376. The van der Waals surface area contributed by atoms with E-state index < -0.39 is 17.7 Å². The Hall–Kier alpha value is -1.16. The van der Waals surface area contributed by atoms with Crippen molar-refractivity contribution >= 4 is 0 Å². The van der Waals surface area contributed by atoms with Gasteiger partial charge in [0.1, 0.15) is 5.82 Å². The van der Waals surface area contributed by atoms with Crippen molar-refractivity contribution in [3.63, 3.8) is 0 Å². The highest BCUT2D eigenvalue weighted by atomic mass is 19.1. The van der Waals surface area contributed by atoms with Crippen LogP contribution >= 0.6 is 0 Å². The van der Waals surface area contributed by atoms with Crippen molar-refractivity contribution in [3.8, 4) is 5.75 Å². The largest absolute Gasteiger partial charge is 0.494 e. The lowest BCUT2D eigenvalue weighted by atomic mass is 10.00. The zero-order chi connectivity index (χ0) is 12.8. The molecule has 0 aliphatic carbocycles. The summed E-state index contributed by atoms with van der Waals surface area (Å²) in [7, 11) is 1.35. The second-order valence-corrected chi connectivity index (χ2v) is 4.08. The van der Waals surface area contributed by atoms with E-state index in [9.17, 15) is 8.78 Å². The third-order valence-corrected chi connectivity index (χ3v) is 2.80. The van der Waals surface area contributed by atoms with E-state index in [1.807, 2.05) is 0 Å². The number of ether oxygens (including phenoxy) is 1. The Morgan fingerprint density at radius 2 is 2.00 bits per heavy atom. The van der Waals surface area contributed by atoms with E-state index in [4.69, 9.17) is 10.5 Å². The highest BCUT2D eigenvalue weighted by Crippen LogP contribution is 2.29. The number of unbranched alkanes of at least 4 members (excludes halogenated alkanes) is 2.